The molecule has 0 atom stereocenters. The molecule has 25 heavy (non-hydrogen) atoms. The Labute approximate surface area is 151 Å². The molecule has 0 spiro atoms. The molecular formula is C20H20N2O2S. The molecule has 0 aliphatic rings. The fourth-order valence-electron chi connectivity index (χ4n) is 2.40. The van der Waals surface area contributed by atoms with Gasteiger partial charge in [0.25, 0.3) is 0 Å². The van der Waals surface area contributed by atoms with Gasteiger partial charge in [0.1, 0.15) is 10.8 Å². The lowest BCUT2D eigenvalue weighted by Crippen LogP contribution is -2.08. The Hall–Kier alpha value is -2.66. The van der Waals surface area contributed by atoms with Crippen molar-refractivity contribution in [3.8, 4) is 27.6 Å². The highest BCUT2D eigenvalue weighted by atomic mass is 32.1. The third kappa shape index (κ3) is 4.25. The Morgan fingerprint density at radius 1 is 1.12 bits per heavy atom. The summed E-state index contributed by atoms with van der Waals surface area (Å²) < 4.78 is 5.56. The molecule has 1 aromatic heterocycles. The number of nitrogens with one attached hydrogen (secondary N) is 1. The van der Waals surface area contributed by atoms with Gasteiger partial charge in [-0.3, -0.25) is 4.79 Å². The molecule has 0 unspecified atom stereocenters. The number of ether oxygens (including phenoxy) is 1. The summed E-state index contributed by atoms with van der Waals surface area (Å²) in [4.78, 5) is 16.2. The maximum atomic E-state index is 11.4. The molecule has 3 aromatic rings. The van der Waals surface area contributed by atoms with E-state index in [1.54, 1.807) is 11.3 Å². The first kappa shape index (κ1) is 17.2. The Kier molecular flexibility index (Phi) is 5.46. The molecule has 0 aliphatic heterocycles. The van der Waals surface area contributed by atoms with Gasteiger partial charge in [-0.25, -0.2) is 4.98 Å². The van der Waals surface area contributed by atoms with E-state index in [0.29, 0.717) is 13.0 Å². The summed E-state index contributed by atoms with van der Waals surface area (Å²) in [7, 11) is 0. The maximum Gasteiger partial charge on any atom is 0.224 e. The molecule has 0 fully saturated rings. The van der Waals surface area contributed by atoms with E-state index < -0.39 is 0 Å². The molecule has 3 rings (SSSR count). The summed E-state index contributed by atoms with van der Waals surface area (Å²) in [5, 5.41) is 5.85. The lowest BCUT2D eigenvalue weighted by Gasteiger charge is -2.04. The number of thiazole rings is 1. The van der Waals surface area contributed by atoms with Crippen LogP contribution in [0.2, 0.25) is 0 Å². The second-order valence-corrected chi connectivity index (χ2v) is 6.34. The van der Waals surface area contributed by atoms with Crippen LogP contribution in [0.5, 0.6) is 5.75 Å². The van der Waals surface area contributed by atoms with Crippen LogP contribution in [0.4, 0.5) is 5.69 Å². The number of hydrogen-bond donors (Lipinski definition) is 1. The third-order valence-corrected chi connectivity index (χ3v) is 4.57. The average Bonchev–Trinajstić information content (AvgIpc) is 3.13. The molecule has 0 radical (unpaired) electrons. The van der Waals surface area contributed by atoms with E-state index in [1.807, 2.05) is 67.8 Å². The molecule has 0 saturated carbocycles. The van der Waals surface area contributed by atoms with Crippen LogP contribution in [0.3, 0.4) is 0 Å². The van der Waals surface area contributed by atoms with Crippen molar-refractivity contribution in [3.05, 3.63) is 53.9 Å². The maximum absolute atomic E-state index is 11.4. The summed E-state index contributed by atoms with van der Waals surface area (Å²) in [6.07, 6.45) is 0.470. The first-order chi connectivity index (χ1) is 12.2. The molecule has 4 nitrogen and oxygen atoms in total. The smallest absolute Gasteiger partial charge is 0.224 e. The minimum Gasteiger partial charge on any atom is -0.494 e. The van der Waals surface area contributed by atoms with Gasteiger partial charge in [0.15, 0.2) is 0 Å². The lowest BCUT2D eigenvalue weighted by molar-refractivity contribution is -0.115. The second-order valence-electron chi connectivity index (χ2n) is 5.48. The molecule has 0 bridgehead atoms. The molecule has 128 valence electrons. The van der Waals surface area contributed by atoms with Crippen LogP contribution in [-0.4, -0.2) is 17.5 Å². The SMILES string of the molecule is CCOc1cccc(-c2nc(-c3ccc(NC(=O)CC)cc3)cs2)c1. The zero-order valence-electron chi connectivity index (χ0n) is 14.3. The molecule has 1 heterocycles. The number of anilines is 1. The van der Waals surface area contributed by atoms with Crippen LogP contribution >= 0.6 is 11.3 Å². The van der Waals surface area contributed by atoms with Crippen molar-refractivity contribution in [3.63, 3.8) is 0 Å². The highest BCUT2D eigenvalue weighted by Crippen LogP contribution is 2.31. The minimum atomic E-state index is 0.0119. The summed E-state index contributed by atoms with van der Waals surface area (Å²) >= 11 is 1.61. The summed E-state index contributed by atoms with van der Waals surface area (Å²) in [6, 6.07) is 15.7. The Bertz CT molecular complexity index is 856. The number of rotatable bonds is 6. The van der Waals surface area contributed by atoms with Gasteiger partial charge in [0.2, 0.25) is 5.91 Å². The van der Waals surface area contributed by atoms with Crippen LogP contribution < -0.4 is 10.1 Å². The Morgan fingerprint density at radius 2 is 1.92 bits per heavy atom. The second kappa shape index (κ2) is 7.94. The summed E-state index contributed by atoms with van der Waals surface area (Å²) in [5.74, 6) is 0.866. The fourth-order valence-corrected chi connectivity index (χ4v) is 3.22. The average molecular weight is 352 g/mol. The van der Waals surface area contributed by atoms with Gasteiger partial charge < -0.3 is 10.1 Å². The van der Waals surface area contributed by atoms with E-state index in [-0.39, 0.29) is 5.91 Å². The largest absolute Gasteiger partial charge is 0.494 e. The zero-order valence-corrected chi connectivity index (χ0v) is 15.1. The van der Waals surface area contributed by atoms with Crippen LogP contribution in [0.1, 0.15) is 20.3 Å². The predicted octanol–water partition coefficient (Wildman–Crippen LogP) is 5.22. The summed E-state index contributed by atoms with van der Waals surface area (Å²) in [6.45, 7) is 4.45. The van der Waals surface area contributed by atoms with Crippen molar-refractivity contribution in [1.82, 2.24) is 4.98 Å². The molecule has 5 heteroatoms. The molecule has 0 aliphatic carbocycles. The number of nitrogens with zero attached hydrogens (tertiary/aromatic N) is 1. The standard InChI is InChI=1S/C20H20N2O2S/c1-3-19(23)21-16-10-8-14(9-11-16)18-13-25-20(22-18)15-6-5-7-17(12-15)24-4-2/h5-13H,3-4H2,1-2H3,(H,21,23). The van der Waals surface area contributed by atoms with E-state index in [2.05, 4.69) is 5.32 Å². The number of benzene rings is 2. The van der Waals surface area contributed by atoms with Gasteiger partial charge in [-0.15, -0.1) is 11.3 Å². The van der Waals surface area contributed by atoms with Crippen LogP contribution in [0, 0.1) is 0 Å². The number of carbonyl (C=O) groups is 1. The molecule has 2 aromatic carbocycles. The molecule has 1 N–H and O–H groups in total. The molecular weight excluding hydrogens is 332 g/mol. The lowest BCUT2D eigenvalue weighted by atomic mass is 10.1. The van der Waals surface area contributed by atoms with Crippen molar-refractivity contribution < 1.29 is 9.53 Å². The van der Waals surface area contributed by atoms with Crippen molar-refractivity contribution in [2.75, 3.05) is 11.9 Å². The van der Waals surface area contributed by atoms with Gasteiger partial charge in [0, 0.05) is 28.6 Å². The first-order valence-electron chi connectivity index (χ1n) is 8.28. The number of hydrogen-bond acceptors (Lipinski definition) is 4. The predicted molar refractivity (Wildman–Crippen MR) is 103 cm³/mol. The van der Waals surface area contributed by atoms with E-state index in [0.717, 1.165) is 33.3 Å². The summed E-state index contributed by atoms with van der Waals surface area (Å²) in [5.41, 5.74) is 3.80. The van der Waals surface area contributed by atoms with Gasteiger partial charge in [0.05, 0.1) is 12.3 Å². The Balaban J connectivity index is 1.79. The van der Waals surface area contributed by atoms with Crippen LogP contribution in [-0.2, 0) is 4.79 Å². The van der Waals surface area contributed by atoms with Gasteiger partial charge in [-0.2, -0.15) is 0 Å². The van der Waals surface area contributed by atoms with Crippen molar-refractivity contribution in [2.45, 2.75) is 20.3 Å². The molecule has 0 saturated heterocycles. The van der Waals surface area contributed by atoms with Crippen molar-refractivity contribution in [1.29, 1.82) is 0 Å². The topological polar surface area (TPSA) is 51.2 Å². The van der Waals surface area contributed by atoms with Crippen LogP contribution in [0.15, 0.2) is 53.9 Å². The van der Waals surface area contributed by atoms with E-state index >= 15 is 0 Å². The van der Waals surface area contributed by atoms with Gasteiger partial charge >= 0.3 is 0 Å². The van der Waals surface area contributed by atoms with Gasteiger partial charge in [-0.05, 0) is 31.2 Å². The third-order valence-electron chi connectivity index (χ3n) is 3.68. The molecule has 1 amide bonds. The number of carbonyl (C=O) groups excluding carboxylic acids is 1. The quantitative estimate of drug-likeness (QED) is 0.661. The van der Waals surface area contributed by atoms with Crippen LogP contribution in [0.25, 0.3) is 21.8 Å². The highest BCUT2D eigenvalue weighted by Gasteiger charge is 2.08. The van der Waals surface area contributed by atoms with E-state index in [1.165, 1.54) is 0 Å². The van der Waals surface area contributed by atoms with E-state index in [9.17, 15) is 4.79 Å². The number of aromatic nitrogens is 1. The van der Waals surface area contributed by atoms with Gasteiger partial charge in [-0.1, -0.05) is 31.2 Å². The zero-order chi connectivity index (χ0) is 17.6. The highest BCUT2D eigenvalue weighted by molar-refractivity contribution is 7.13. The van der Waals surface area contributed by atoms with Crippen molar-refractivity contribution in [2.24, 2.45) is 0 Å². The van der Waals surface area contributed by atoms with E-state index in [4.69, 9.17) is 9.72 Å². The number of amides is 1. The Morgan fingerprint density at radius 3 is 2.64 bits per heavy atom. The minimum absolute atomic E-state index is 0.0119. The van der Waals surface area contributed by atoms with Crippen molar-refractivity contribution >= 4 is 22.9 Å². The fraction of sp³-hybridized carbons (Fsp3) is 0.200. The first-order valence-corrected chi connectivity index (χ1v) is 9.16. The monoisotopic (exact) mass is 352 g/mol. The normalized spacial score (nSPS) is 10.5.